The van der Waals surface area contributed by atoms with E-state index in [2.05, 4.69) is 10.6 Å². The fourth-order valence-electron chi connectivity index (χ4n) is 1.25. The SMILES string of the molecule is CCOC(=O)Nc1ccc(NCCOC)cc1. The lowest BCUT2D eigenvalue weighted by Gasteiger charge is -2.08. The largest absolute Gasteiger partial charge is 0.450 e. The van der Waals surface area contributed by atoms with Gasteiger partial charge in [-0.15, -0.1) is 0 Å². The Morgan fingerprint density at radius 1 is 1.24 bits per heavy atom. The van der Waals surface area contributed by atoms with Crippen LogP contribution in [0.5, 0.6) is 0 Å². The molecule has 0 aromatic heterocycles. The number of ether oxygens (including phenoxy) is 2. The molecular weight excluding hydrogens is 220 g/mol. The Balaban J connectivity index is 2.41. The molecule has 94 valence electrons. The number of anilines is 2. The lowest BCUT2D eigenvalue weighted by Crippen LogP contribution is -2.13. The smallest absolute Gasteiger partial charge is 0.411 e. The Morgan fingerprint density at radius 3 is 2.47 bits per heavy atom. The molecule has 0 aliphatic heterocycles. The third-order valence-corrected chi connectivity index (χ3v) is 2.04. The van der Waals surface area contributed by atoms with Crippen LogP contribution < -0.4 is 10.6 Å². The lowest BCUT2D eigenvalue weighted by molar-refractivity contribution is 0.168. The quantitative estimate of drug-likeness (QED) is 0.747. The van der Waals surface area contributed by atoms with Crippen LogP contribution in [0, 0.1) is 0 Å². The molecule has 0 atom stereocenters. The number of carbonyl (C=O) groups is 1. The molecule has 1 aromatic rings. The molecule has 0 saturated heterocycles. The summed E-state index contributed by atoms with van der Waals surface area (Å²) in [6, 6.07) is 7.40. The Bertz CT molecular complexity index is 338. The summed E-state index contributed by atoms with van der Waals surface area (Å²) < 4.78 is 9.70. The summed E-state index contributed by atoms with van der Waals surface area (Å²) in [5.41, 5.74) is 1.69. The Morgan fingerprint density at radius 2 is 1.88 bits per heavy atom. The van der Waals surface area contributed by atoms with Crippen molar-refractivity contribution in [2.45, 2.75) is 6.92 Å². The van der Waals surface area contributed by atoms with Gasteiger partial charge in [-0.1, -0.05) is 0 Å². The zero-order valence-electron chi connectivity index (χ0n) is 10.2. The average Bonchev–Trinajstić information content (AvgIpc) is 2.32. The molecular formula is C12H18N2O3. The second-order valence-corrected chi connectivity index (χ2v) is 3.34. The van der Waals surface area contributed by atoms with E-state index in [1.165, 1.54) is 0 Å². The summed E-state index contributed by atoms with van der Waals surface area (Å²) in [4.78, 5) is 11.1. The topological polar surface area (TPSA) is 59.6 Å². The first kappa shape index (κ1) is 13.3. The van der Waals surface area contributed by atoms with Gasteiger partial charge in [-0.25, -0.2) is 4.79 Å². The van der Waals surface area contributed by atoms with Crippen molar-refractivity contribution in [2.24, 2.45) is 0 Å². The molecule has 0 saturated carbocycles. The van der Waals surface area contributed by atoms with E-state index < -0.39 is 6.09 Å². The van der Waals surface area contributed by atoms with Crippen molar-refractivity contribution < 1.29 is 14.3 Å². The lowest BCUT2D eigenvalue weighted by atomic mass is 10.3. The summed E-state index contributed by atoms with van der Waals surface area (Å²) in [5, 5.41) is 5.81. The van der Waals surface area contributed by atoms with E-state index in [0.29, 0.717) is 18.9 Å². The highest BCUT2D eigenvalue weighted by Gasteiger charge is 2.01. The number of benzene rings is 1. The van der Waals surface area contributed by atoms with E-state index in [1.54, 1.807) is 14.0 Å². The molecule has 5 heteroatoms. The predicted molar refractivity (Wildman–Crippen MR) is 67.5 cm³/mol. The van der Waals surface area contributed by atoms with Gasteiger partial charge in [0.05, 0.1) is 13.2 Å². The monoisotopic (exact) mass is 238 g/mol. The molecule has 5 nitrogen and oxygen atoms in total. The number of hydrogen-bond donors (Lipinski definition) is 2. The highest BCUT2D eigenvalue weighted by atomic mass is 16.5. The molecule has 0 bridgehead atoms. The standard InChI is InChI=1S/C12H18N2O3/c1-3-17-12(15)14-11-6-4-10(5-7-11)13-8-9-16-2/h4-7,13H,3,8-9H2,1-2H3,(H,14,15). The number of hydrogen-bond acceptors (Lipinski definition) is 4. The fourth-order valence-corrected chi connectivity index (χ4v) is 1.25. The van der Waals surface area contributed by atoms with Crippen LogP contribution in [0.1, 0.15) is 6.92 Å². The first-order chi connectivity index (χ1) is 8.26. The van der Waals surface area contributed by atoms with Crippen LogP contribution in [-0.2, 0) is 9.47 Å². The van der Waals surface area contributed by atoms with Gasteiger partial charge in [-0.05, 0) is 31.2 Å². The summed E-state index contributed by atoms with van der Waals surface area (Å²) in [6.45, 7) is 3.54. The molecule has 1 aromatic carbocycles. The van der Waals surface area contributed by atoms with Crippen LogP contribution in [0.3, 0.4) is 0 Å². The fraction of sp³-hybridized carbons (Fsp3) is 0.417. The molecule has 0 radical (unpaired) electrons. The van der Waals surface area contributed by atoms with Crippen LogP contribution in [0.25, 0.3) is 0 Å². The van der Waals surface area contributed by atoms with E-state index in [4.69, 9.17) is 9.47 Å². The van der Waals surface area contributed by atoms with Crippen molar-refractivity contribution in [1.29, 1.82) is 0 Å². The van der Waals surface area contributed by atoms with Crippen LogP contribution in [0.2, 0.25) is 0 Å². The minimum Gasteiger partial charge on any atom is -0.450 e. The summed E-state index contributed by atoms with van der Waals surface area (Å²) >= 11 is 0. The molecule has 0 fully saturated rings. The molecule has 0 aliphatic rings. The van der Waals surface area contributed by atoms with Gasteiger partial charge < -0.3 is 14.8 Å². The number of nitrogens with one attached hydrogen (secondary N) is 2. The minimum atomic E-state index is -0.437. The molecule has 2 N–H and O–H groups in total. The van der Waals surface area contributed by atoms with Crippen molar-refractivity contribution in [1.82, 2.24) is 0 Å². The molecule has 0 unspecified atom stereocenters. The summed E-state index contributed by atoms with van der Waals surface area (Å²) in [7, 11) is 1.66. The van der Waals surface area contributed by atoms with Gasteiger partial charge in [0.2, 0.25) is 0 Å². The molecule has 1 amide bonds. The van der Waals surface area contributed by atoms with Crippen LogP contribution >= 0.6 is 0 Å². The van der Waals surface area contributed by atoms with Crippen LogP contribution in [0.4, 0.5) is 16.2 Å². The van der Waals surface area contributed by atoms with E-state index >= 15 is 0 Å². The van der Waals surface area contributed by atoms with Crippen molar-refractivity contribution in [2.75, 3.05) is 37.5 Å². The van der Waals surface area contributed by atoms with Gasteiger partial charge >= 0.3 is 6.09 Å². The molecule has 17 heavy (non-hydrogen) atoms. The highest BCUT2D eigenvalue weighted by molar-refractivity contribution is 5.84. The van der Waals surface area contributed by atoms with E-state index in [0.717, 1.165) is 12.2 Å². The highest BCUT2D eigenvalue weighted by Crippen LogP contribution is 2.13. The first-order valence-corrected chi connectivity index (χ1v) is 5.53. The number of methoxy groups -OCH3 is 1. The number of carbonyl (C=O) groups excluding carboxylic acids is 1. The molecule has 0 spiro atoms. The Kier molecular flexibility index (Phi) is 5.88. The van der Waals surface area contributed by atoms with Crippen molar-refractivity contribution in [3.63, 3.8) is 0 Å². The Hall–Kier alpha value is -1.75. The Labute approximate surface area is 101 Å². The first-order valence-electron chi connectivity index (χ1n) is 5.53. The van der Waals surface area contributed by atoms with Gasteiger partial charge in [0.25, 0.3) is 0 Å². The van der Waals surface area contributed by atoms with Crippen molar-refractivity contribution >= 4 is 17.5 Å². The van der Waals surface area contributed by atoms with Crippen LogP contribution in [-0.4, -0.2) is 33.0 Å². The summed E-state index contributed by atoms with van der Waals surface area (Å²) in [5.74, 6) is 0. The second-order valence-electron chi connectivity index (χ2n) is 3.34. The van der Waals surface area contributed by atoms with Gasteiger partial charge in [0, 0.05) is 25.0 Å². The van der Waals surface area contributed by atoms with E-state index in [1.807, 2.05) is 24.3 Å². The maximum absolute atomic E-state index is 11.1. The maximum Gasteiger partial charge on any atom is 0.411 e. The van der Waals surface area contributed by atoms with Gasteiger partial charge in [0.15, 0.2) is 0 Å². The van der Waals surface area contributed by atoms with E-state index in [-0.39, 0.29) is 0 Å². The van der Waals surface area contributed by atoms with Gasteiger partial charge in [-0.2, -0.15) is 0 Å². The minimum absolute atomic E-state index is 0.364. The number of rotatable bonds is 6. The molecule has 0 aliphatic carbocycles. The molecule has 0 heterocycles. The number of amides is 1. The maximum atomic E-state index is 11.1. The predicted octanol–water partition coefficient (Wildman–Crippen LogP) is 2.31. The second kappa shape index (κ2) is 7.51. The van der Waals surface area contributed by atoms with Crippen molar-refractivity contribution in [3.8, 4) is 0 Å². The average molecular weight is 238 g/mol. The third-order valence-electron chi connectivity index (χ3n) is 2.04. The molecule has 1 rings (SSSR count). The third kappa shape index (κ3) is 5.21. The zero-order valence-corrected chi connectivity index (χ0v) is 10.2. The van der Waals surface area contributed by atoms with Gasteiger partial charge in [0.1, 0.15) is 0 Å². The van der Waals surface area contributed by atoms with E-state index in [9.17, 15) is 4.79 Å². The normalized spacial score (nSPS) is 9.76. The summed E-state index contributed by atoms with van der Waals surface area (Å²) in [6.07, 6.45) is -0.437. The zero-order chi connectivity index (χ0) is 12.5. The van der Waals surface area contributed by atoms with Crippen LogP contribution in [0.15, 0.2) is 24.3 Å². The van der Waals surface area contributed by atoms with Gasteiger partial charge in [-0.3, -0.25) is 5.32 Å². The van der Waals surface area contributed by atoms with Crippen molar-refractivity contribution in [3.05, 3.63) is 24.3 Å².